The Labute approximate surface area is 129 Å². The number of benzene rings is 2. The summed E-state index contributed by atoms with van der Waals surface area (Å²) in [5.41, 5.74) is 1.59. The highest BCUT2D eigenvalue weighted by atomic mass is 16.5. The summed E-state index contributed by atoms with van der Waals surface area (Å²) in [6.45, 7) is 2.18. The largest absolute Gasteiger partial charge is 0.481 e. The molecule has 0 saturated heterocycles. The van der Waals surface area contributed by atoms with Crippen molar-refractivity contribution in [3.05, 3.63) is 72.1 Å². The summed E-state index contributed by atoms with van der Waals surface area (Å²) in [6, 6.07) is 19.4. The van der Waals surface area contributed by atoms with Gasteiger partial charge in [-0.15, -0.1) is 0 Å². The Morgan fingerprint density at radius 3 is 2.41 bits per heavy atom. The third-order valence-corrected chi connectivity index (χ3v) is 3.08. The monoisotopic (exact) mass is 289 g/mol. The second-order valence-electron chi connectivity index (χ2n) is 4.69. The van der Waals surface area contributed by atoms with Crippen LogP contribution >= 0.6 is 0 Å². The maximum atomic E-state index is 5.66. The van der Waals surface area contributed by atoms with E-state index in [1.165, 1.54) is 0 Å². The van der Waals surface area contributed by atoms with Crippen LogP contribution in [0.4, 0.5) is 0 Å². The Bertz CT molecular complexity index is 796. The van der Waals surface area contributed by atoms with E-state index < -0.39 is 0 Å². The van der Waals surface area contributed by atoms with Gasteiger partial charge in [-0.25, -0.2) is 4.98 Å². The zero-order valence-electron chi connectivity index (χ0n) is 12.2. The first-order chi connectivity index (χ1) is 10.8. The number of para-hydroxylation sites is 1. The van der Waals surface area contributed by atoms with Gasteiger partial charge in [-0.2, -0.15) is 0 Å². The Balaban J connectivity index is 1.69. The lowest BCUT2D eigenvalue weighted by Gasteiger charge is -1.99. The van der Waals surface area contributed by atoms with E-state index in [0.29, 0.717) is 24.0 Å². The first kappa shape index (κ1) is 14.0. The predicted octanol–water partition coefficient (Wildman–Crippen LogP) is 4.08. The summed E-state index contributed by atoms with van der Waals surface area (Å²) in [6.07, 6.45) is 0. The molecular formula is C19H15NO2. The van der Waals surface area contributed by atoms with Crippen molar-refractivity contribution in [3.8, 4) is 29.0 Å². The quantitative estimate of drug-likeness (QED) is 0.681. The zero-order chi connectivity index (χ0) is 15.2. The van der Waals surface area contributed by atoms with Crippen molar-refractivity contribution in [1.82, 2.24) is 4.98 Å². The van der Waals surface area contributed by atoms with Crippen LogP contribution in [0.3, 0.4) is 0 Å². The van der Waals surface area contributed by atoms with Crippen molar-refractivity contribution >= 4 is 0 Å². The van der Waals surface area contributed by atoms with Gasteiger partial charge >= 0.3 is 0 Å². The van der Waals surface area contributed by atoms with Gasteiger partial charge in [0.1, 0.15) is 18.1 Å². The molecule has 2 aromatic carbocycles. The summed E-state index contributed by atoms with van der Waals surface area (Å²) in [5, 5.41) is 0. The fraction of sp³-hybridized carbons (Fsp3) is 0.105. The molecule has 3 nitrogen and oxygen atoms in total. The predicted molar refractivity (Wildman–Crippen MR) is 85.5 cm³/mol. The van der Waals surface area contributed by atoms with Gasteiger partial charge in [-0.05, 0) is 37.1 Å². The van der Waals surface area contributed by atoms with Crippen LogP contribution in [0.1, 0.15) is 11.5 Å². The molecule has 108 valence electrons. The summed E-state index contributed by atoms with van der Waals surface area (Å²) in [7, 11) is 0. The number of hydrogen-bond acceptors (Lipinski definition) is 3. The first-order valence-electron chi connectivity index (χ1n) is 7.02. The van der Waals surface area contributed by atoms with Gasteiger partial charge < -0.3 is 9.15 Å². The molecule has 0 fully saturated rings. The van der Waals surface area contributed by atoms with Crippen molar-refractivity contribution < 1.29 is 9.15 Å². The number of aromatic nitrogens is 1. The summed E-state index contributed by atoms with van der Waals surface area (Å²) in [5.74, 6) is 8.06. The van der Waals surface area contributed by atoms with Crippen LogP contribution < -0.4 is 4.74 Å². The number of hydrogen-bond donors (Lipinski definition) is 0. The van der Waals surface area contributed by atoms with Gasteiger partial charge in [-0.3, -0.25) is 0 Å². The molecule has 0 amide bonds. The molecule has 1 aromatic heterocycles. The number of ether oxygens (including phenoxy) is 1. The van der Waals surface area contributed by atoms with E-state index in [1.807, 2.05) is 67.6 Å². The molecule has 3 heteroatoms. The van der Waals surface area contributed by atoms with Crippen LogP contribution in [0.25, 0.3) is 11.5 Å². The third kappa shape index (κ3) is 3.36. The molecule has 0 radical (unpaired) electrons. The summed E-state index contributed by atoms with van der Waals surface area (Å²) in [4.78, 5) is 4.43. The second kappa shape index (κ2) is 6.64. The molecular weight excluding hydrogens is 274 g/mol. The zero-order valence-corrected chi connectivity index (χ0v) is 12.2. The van der Waals surface area contributed by atoms with E-state index in [-0.39, 0.29) is 0 Å². The number of rotatable bonds is 3. The minimum Gasteiger partial charge on any atom is -0.481 e. The molecule has 0 saturated carbocycles. The van der Waals surface area contributed by atoms with Crippen LogP contribution in [-0.4, -0.2) is 11.6 Å². The SMILES string of the molecule is Cc1oc(-c2ccccc2)nc1C#CCOc1ccccc1. The normalized spacial score (nSPS) is 9.86. The highest BCUT2D eigenvalue weighted by Crippen LogP contribution is 2.20. The molecule has 22 heavy (non-hydrogen) atoms. The van der Waals surface area contributed by atoms with Gasteiger partial charge in [0, 0.05) is 5.56 Å². The Kier molecular flexibility index (Phi) is 4.22. The lowest BCUT2D eigenvalue weighted by atomic mass is 10.2. The lowest BCUT2D eigenvalue weighted by Crippen LogP contribution is -1.93. The standard InChI is InChI=1S/C19H15NO2/c1-15-18(13-8-14-21-17-11-6-3-7-12-17)20-19(22-15)16-9-4-2-5-10-16/h2-7,9-12H,14H2,1H3. The summed E-state index contributed by atoms with van der Waals surface area (Å²) >= 11 is 0. The minimum absolute atomic E-state index is 0.316. The average Bonchev–Trinajstić information content (AvgIpc) is 2.94. The molecule has 0 atom stereocenters. The maximum Gasteiger partial charge on any atom is 0.227 e. The number of nitrogens with zero attached hydrogens (tertiary/aromatic N) is 1. The number of oxazole rings is 1. The fourth-order valence-electron chi connectivity index (χ4n) is 1.97. The van der Waals surface area contributed by atoms with E-state index in [0.717, 1.165) is 11.3 Å². The van der Waals surface area contributed by atoms with E-state index in [2.05, 4.69) is 16.8 Å². The molecule has 0 aliphatic rings. The Morgan fingerprint density at radius 1 is 1.00 bits per heavy atom. The van der Waals surface area contributed by atoms with Gasteiger partial charge in [0.2, 0.25) is 5.89 Å². The Hall–Kier alpha value is -2.99. The van der Waals surface area contributed by atoms with Crippen LogP contribution in [0.2, 0.25) is 0 Å². The average molecular weight is 289 g/mol. The minimum atomic E-state index is 0.316. The lowest BCUT2D eigenvalue weighted by molar-refractivity contribution is 0.370. The molecule has 0 aliphatic carbocycles. The van der Waals surface area contributed by atoms with E-state index in [4.69, 9.17) is 9.15 Å². The van der Waals surface area contributed by atoms with Crippen molar-refractivity contribution in [1.29, 1.82) is 0 Å². The highest BCUT2D eigenvalue weighted by molar-refractivity contribution is 5.54. The van der Waals surface area contributed by atoms with Gasteiger partial charge in [0.25, 0.3) is 0 Å². The van der Waals surface area contributed by atoms with Crippen LogP contribution in [0.15, 0.2) is 65.1 Å². The number of aryl methyl sites for hydroxylation is 1. The van der Waals surface area contributed by atoms with Gasteiger partial charge in [0.15, 0.2) is 5.69 Å². The van der Waals surface area contributed by atoms with Crippen molar-refractivity contribution in [2.45, 2.75) is 6.92 Å². The molecule has 0 bridgehead atoms. The molecule has 0 unspecified atom stereocenters. The topological polar surface area (TPSA) is 35.3 Å². The third-order valence-electron chi connectivity index (χ3n) is 3.08. The summed E-state index contributed by atoms with van der Waals surface area (Å²) < 4.78 is 11.2. The Morgan fingerprint density at radius 2 is 1.68 bits per heavy atom. The van der Waals surface area contributed by atoms with E-state index in [9.17, 15) is 0 Å². The first-order valence-corrected chi connectivity index (χ1v) is 7.02. The van der Waals surface area contributed by atoms with Crippen LogP contribution in [0, 0.1) is 18.8 Å². The van der Waals surface area contributed by atoms with Crippen molar-refractivity contribution in [3.63, 3.8) is 0 Å². The van der Waals surface area contributed by atoms with Crippen LogP contribution in [-0.2, 0) is 0 Å². The smallest absolute Gasteiger partial charge is 0.227 e. The van der Waals surface area contributed by atoms with Crippen molar-refractivity contribution in [2.75, 3.05) is 6.61 Å². The molecule has 1 heterocycles. The van der Waals surface area contributed by atoms with E-state index >= 15 is 0 Å². The van der Waals surface area contributed by atoms with Crippen LogP contribution in [0.5, 0.6) is 5.75 Å². The molecule has 0 aliphatic heterocycles. The second-order valence-corrected chi connectivity index (χ2v) is 4.69. The molecule has 0 spiro atoms. The molecule has 3 rings (SSSR count). The highest BCUT2D eigenvalue weighted by Gasteiger charge is 2.08. The van der Waals surface area contributed by atoms with Gasteiger partial charge in [-0.1, -0.05) is 42.3 Å². The fourth-order valence-corrected chi connectivity index (χ4v) is 1.97. The molecule has 3 aromatic rings. The molecule has 0 N–H and O–H groups in total. The van der Waals surface area contributed by atoms with Crippen molar-refractivity contribution in [2.24, 2.45) is 0 Å². The maximum absolute atomic E-state index is 5.66. The van der Waals surface area contributed by atoms with Gasteiger partial charge in [0.05, 0.1) is 0 Å². The van der Waals surface area contributed by atoms with E-state index in [1.54, 1.807) is 0 Å².